The number of aromatic amines is 1. The first-order valence-electron chi connectivity index (χ1n) is 8.20. The molecule has 0 unspecified atom stereocenters. The van der Waals surface area contributed by atoms with E-state index in [1.807, 2.05) is 54.6 Å². The Morgan fingerprint density at radius 2 is 1.74 bits per heavy atom. The van der Waals surface area contributed by atoms with Crippen LogP contribution < -0.4 is 9.47 Å². The third-order valence-electron chi connectivity index (χ3n) is 4.00. The van der Waals surface area contributed by atoms with Crippen LogP contribution in [0.15, 0.2) is 67.0 Å². The van der Waals surface area contributed by atoms with Gasteiger partial charge in [-0.15, -0.1) is 12.4 Å². The van der Waals surface area contributed by atoms with E-state index in [0.717, 1.165) is 22.2 Å². The summed E-state index contributed by atoms with van der Waals surface area (Å²) in [6.45, 7) is 0. The SMILES string of the molecule is COc1cc(C=Cc2n[nH]c3ccccc23)ccc1Oc1ccncc1.Cl. The first-order chi connectivity index (χ1) is 12.8. The summed E-state index contributed by atoms with van der Waals surface area (Å²) >= 11 is 0. The van der Waals surface area contributed by atoms with Gasteiger partial charge in [0.1, 0.15) is 5.75 Å². The fraction of sp³-hybridized carbons (Fsp3) is 0.0476. The molecule has 1 N–H and O–H groups in total. The number of nitrogens with zero attached hydrogens (tertiary/aromatic N) is 2. The van der Waals surface area contributed by atoms with Crippen LogP contribution in [0.3, 0.4) is 0 Å². The van der Waals surface area contributed by atoms with Crippen molar-refractivity contribution >= 4 is 35.5 Å². The number of benzene rings is 2. The van der Waals surface area contributed by atoms with E-state index in [1.54, 1.807) is 31.6 Å². The molecule has 0 amide bonds. The van der Waals surface area contributed by atoms with Gasteiger partial charge in [0.15, 0.2) is 11.5 Å². The first kappa shape index (κ1) is 18.5. The molecule has 0 fully saturated rings. The number of H-pyrrole nitrogens is 1. The second kappa shape index (κ2) is 8.38. The summed E-state index contributed by atoms with van der Waals surface area (Å²) in [7, 11) is 1.63. The summed E-state index contributed by atoms with van der Waals surface area (Å²) in [5.74, 6) is 2.03. The number of halogens is 1. The molecular formula is C21H18ClN3O2. The van der Waals surface area contributed by atoms with Crippen LogP contribution in [-0.4, -0.2) is 22.3 Å². The van der Waals surface area contributed by atoms with E-state index in [-0.39, 0.29) is 12.4 Å². The Morgan fingerprint density at radius 1 is 0.926 bits per heavy atom. The summed E-state index contributed by atoms with van der Waals surface area (Å²) in [5, 5.41) is 8.48. The number of para-hydroxylation sites is 1. The average Bonchev–Trinajstić information content (AvgIpc) is 3.11. The van der Waals surface area contributed by atoms with Gasteiger partial charge in [-0.1, -0.05) is 30.3 Å². The summed E-state index contributed by atoms with van der Waals surface area (Å²) < 4.78 is 11.3. The smallest absolute Gasteiger partial charge is 0.169 e. The number of pyridine rings is 1. The van der Waals surface area contributed by atoms with Gasteiger partial charge in [0.05, 0.1) is 18.3 Å². The van der Waals surface area contributed by atoms with Crippen molar-refractivity contribution in [3.8, 4) is 17.2 Å². The van der Waals surface area contributed by atoms with Crippen LogP contribution in [0.25, 0.3) is 23.1 Å². The molecule has 6 heteroatoms. The normalized spacial score (nSPS) is 10.7. The van der Waals surface area contributed by atoms with Crippen molar-refractivity contribution in [3.05, 3.63) is 78.2 Å². The van der Waals surface area contributed by atoms with E-state index in [1.165, 1.54) is 0 Å². The number of fused-ring (bicyclic) bond motifs is 1. The lowest BCUT2D eigenvalue weighted by molar-refractivity contribution is 0.378. The molecule has 0 radical (unpaired) electrons. The van der Waals surface area contributed by atoms with Crippen LogP contribution in [-0.2, 0) is 0 Å². The molecule has 0 saturated carbocycles. The third-order valence-corrected chi connectivity index (χ3v) is 4.00. The van der Waals surface area contributed by atoms with Gasteiger partial charge < -0.3 is 9.47 Å². The second-order valence-electron chi connectivity index (χ2n) is 5.68. The lowest BCUT2D eigenvalue weighted by Crippen LogP contribution is -1.91. The molecule has 2 heterocycles. The highest BCUT2D eigenvalue weighted by Crippen LogP contribution is 2.32. The maximum Gasteiger partial charge on any atom is 0.169 e. The zero-order valence-corrected chi connectivity index (χ0v) is 15.4. The molecule has 136 valence electrons. The van der Waals surface area contributed by atoms with Crippen molar-refractivity contribution in [1.29, 1.82) is 0 Å². The minimum atomic E-state index is 0. The summed E-state index contributed by atoms with van der Waals surface area (Å²) in [6, 6.07) is 17.4. The van der Waals surface area contributed by atoms with Crippen LogP contribution in [0.4, 0.5) is 0 Å². The Balaban J connectivity index is 0.00000210. The summed E-state index contributed by atoms with van der Waals surface area (Å²) in [4.78, 5) is 3.99. The lowest BCUT2D eigenvalue weighted by atomic mass is 10.1. The van der Waals surface area contributed by atoms with Gasteiger partial charge in [-0.2, -0.15) is 5.10 Å². The number of methoxy groups -OCH3 is 1. The predicted molar refractivity (Wildman–Crippen MR) is 110 cm³/mol. The van der Waals surface area contributed by atoms with Crippen molar-refractivity contribution in [3.63, 3.8) is 0 Å². The molecule has 0 aliphatic carbocycles. The van der Waals surface area contributed by atoms with Crippen molar-refractivity contribution in [2.45, 2.75) is 0 Å². The Morgan fingerprint density at radius 3 is 2.56 bits per heavy atom. The minimum Gasteiger partial charge on any atom is -0.493 e. The number of nitrogens with one attached hydrogen (secondary N) is 1. The van der Waals surface area contributed by atoms with Crippen molar-refractivity contribution in [1.82, 2.24) is 15.2 Å². The predicted octanol–water partition coefficient (Wildman–Crippen LogP) is 5.35. The Hall–Kier alpha value is -3.31. The van der Waals surface area contributed by atoms with Crippen LogP contribution in [0.5, 0.6) is 17.2 Å². The largest absolute Gasteiger partial charge is 0.493 e. The summed E-state index contributed by atoms with van der Waals surface area (Å²) in [6.07, 6.45) is 7.36. The molecule has 2 aromatic heterocycles. The molecule has 0 saturated heterocycles. The third kappa shape index (κ3) is 4.10. The van der Waals surface area contributed by atoms with Gasteiger partial charge in [0.25, 0.3) is 0 Å². The molecule has 0 spiro atoms. The van der Waals surface area contributed by atoms with Crippen molar-refractivity contribution < 1.29 is 9.47 Å². The quantitative estimate of drug-likeness (QED) is 0.507. The maximum atomic E-state index is 5.86. The highest BCUT2D eigenvalue weighted by Gasteiger charge is 2.07. The molecule has 0 atom stereocenters. The zero-order chi connectivity index (χ0) is 17.8. The van der Waals surface area contributed by atoms with Crippen LogP contribution in [0.2, 0.25) is 0 Å². The fourth-order valence-electron chi connectivity index (χ4n) is 2.69. The number of aromatic nitrogens is 3. The van der Waals surface area contributed by atoms with Gasteiger partial charge >= 0.3 is 0 Å². The van der Waals surface area contributed by atoms with Crippen LogP contribution in [0, 0.1) is 0 Å². The fourth-order valence-corrected chi connectivity index (χ4v) is 2.69. The van der Waals surface area contributed by atoms with Crippen molar-refractivity contribution in [2.24, 2.45) is 0 Å². The number of hydrogen-bond acceptors (Lipinski definition) is 4. The molecule has 4 aromatic rings. The van der Waals surface area contributed by atoms with E-state index in [4.69, 9.17) is 9.47 Å². The number of ether oxygens (including phenoxy) is 2. The Bertz CT molecular complexity index is 1060. The summed E-state index contributed by atoms with van der Waals surface area (Å²) in [5.41, 5.74) is 2.92. The maximum absolute atomic E-state index is 5.86. The first-order valence-corrected chi connectivity index (χ1v) is 8.20. The van der Waals surface area contributed by atoms with E-state index < -0.39 is 0 Å². The molecule has 4 rings (SSSR count). The standard InChI is InChI=1S/C21H17N3O2.ClH/c1-25-21-14-15(7-9-20(21)26-16-10-12-22-13-11-16)6-8-19-17-4-2-3-5-18(17)23-24-19;/h2-14H,1H3,(H,23,24);1H. The lowest BCUT2D eigenvalue weighted by Gasteiger charge is -2.10. The highest BCUT2D eigenvalue weighted by atomic mass is 35.5. The average molecular weight is 380 g/mol. The molecule has 2 aromatic carbocycles. The molecular weight excluding hydrogens is 362 g/mol. The molecule has 27 heavy (non-hydrogen) atoms. The number of hydrogen-bond donors (Lipinski definition) is 1. The molecule has 5 nitrogen and oxygen atoms in total. The van der Waals surface area contributed by atoms with Crippen molar-refractivity contribution in [2.75, 3.05) is 7.11 Å². The van der Waals surface area contributed by atoms with E-state index >= 15 is 0 Å². The van der Waals surface area contributed by atoms with Crippen LogP contribution >= 0.6 is 12.4 Å². The van der Waals surface area contributed by atoms with E-state index in [0.29, 0.717) is 17.2 Å². The molecule has 0 aliphatic rings. The monoisotopic (exact) mass is 379 g/mol. The number of rotatable bonds is 5. The van der Waals surface area contributed by atoms with E-state index in [9.17, 15) is 0 Å². The molecule has 0 bridgehead atoms. The van der Waals surface area contributed by atoms with Gasteiger partial charge in [0, 0.05) is 17.8 Å². The minimum absolute atomic E-state index is 0. The highest BCUT2D eigenvalue weighted by molar-refractivity contribution is 5.89. The molecule has 0 aliphatic heterocycles. The topological polar surface area (TPSA) is 60.0 Å². The van der Waals surface area contributed by atoms with Gasteiger partial charge in [0.2, 0.25) is 0 Å². The Kier molecular flexibility index (Phi) is 5.74. The Labute approximate surface area is 163 Å². The second-order valence-corrected chi connectivity index (χ2v) is 5.68. The van der Waals surface area contributed by atoms with Gasteiger partial charge in [-0.25, -0.2) is 0 Å². The zero-order valence-electron chi connectivity index (χ0n) is 14.6. The van der Waals surface area contributed by atoms with Gasteiger partial charge in [-0.05, 0) is 42.0 Å². The van der Waals surface area contributed by atoms with E-state index in [2.05, 4.69) is 15.2 Å². The van der Waals surface area contributed by atoms with Gasteiger partial charge in [-0.3, -0.25) is 10.1 Å². The van der Waals surface area contributed by atoms with Crippen LogP contribution in [0.1, 0.15) is 11.3 Å².